The number of nitrogens with zero attached hydrogens (tertiary/aromatic N) is 2. The lowest BCUT2D eigenvalue weighted by molar-refractivity contribution is 0.628. The van der Waals surface area contributed by atoms with Crippen LogP contribution in [-0.4, -0.2) is 15.2 Å². The van der Waals surface area contributed by atoms with Crippen LogP contribution in [0.3, 0.4) is 0 Å². The van der Waals surface area contributed by atoms with Crippen LogP contribution in [0.2, 0.25) is 5.02 Å². The molecule has 3 nitrogen and oxygen atoms in total. The number of hydrogen-bond donors (Lipinski definition) is 1. The van der Waals surface area contributed by atoms with Crippen LogP contribution in [0.25, 0.3) is 22.1 Å². The fourth-order valence-electron chi connectivity index (χ4n) is 1.58. The summed E-state index contributed by atoms with van der Waals surface area (Å²) < 4.78 is 13.0. The van der Waals surface area contributed by atoms with Crippen molar-refractivity contribution >= 4 is 22.9 Å². The van der Waals surface area contributed by atoms with Gasteiger partial charge in [-0.15, -0.1) is 11.3 Å². The van der Waals surface area contributed by atoms with Gasteiger partial charge in [-0.3, -0.25) is 5.10 Å². The fourth-order valence-corrected chi connectivity index (χ4v) is 2.49. The number of thiophene rings is 1. The second-order valence-electron chi connectivity index (χ2n) is 3.61. The third kappa shape index (κ3) is 2.02. The fraction of sp³-hybridized carbons (Fsp3) is 0. The van der Waals surface area contributed by atoms with Gasteiger partial charge in [0.05, 0.1) is 9.90 Å². The van der Waals surface area contributed by atoms with Gasteiger partial charge in [0.1, 0.15) is 5.82 Å². The topological polar surface area (TPSA) is 41.6 Å². The smallest absolute Gasteiger partial charge is 0.183 e. The van der Waals surface area contributed by atoms with Gasteiger partial charge < -0.3 is 0 Å². The minimum Gasteiger partial charge on any atom is -0.258 e. The van der Waals surface area contributed by atoms with Crippen molar-refractivity contribution in [2.24, 2.45) is 0 Å². The Morgan fingerprint density at radius 1 is 1.28 bits per heavy atom. The Morgan fingerprint density at radius 2 is 2.17 bits per heavy atom. The molecule has 0 aliphatic heterocycles. The highest BCUT2D eigenvalue weighted by Crippen LogP contribution is 2.28. The molecular weight excluding hydrogens is 273 g/mol. The van der Waals surface area contributed by atoms with Crippen LogP contribution in [0.5, 0.6) is 0 Å². The van der Waals surface area contributed by atoms with Gasteiger partial charge in [0.15, 0.2) is 11.6 Å². The van der Waals surface area contributed by atoms with Gasteiger partial charge in [0, 0.05) is 5.56 Å². The molecule has 0 bridgehead atoms. The second kappa shape index (κ2) is 4.51. The van der Waals surface area contributed by atoms with Gasteiger partial charge in [-0.05, 0) is 29.6 Å². The van der Waals surface area contributed by atoms with E-state index < -0.39 is 0 Å². The van der Waals surface area contributed by atoms with Gasteiger partial charge in [0.2, 0.25) is 0 Å². The summed E-state index contributed by atoms with van der Waals surface area (Å²) in [5.74, 6) is 0.765. The molecule has 2 aromatic heterocycles. The van der Waals surface area contributed by atoms with Crippen molar-refractivity contribution in [3.8, 4) is 22.1 Å². The van der Waals surface area contributed by atoms with Crippen LogP contribution in [0.15, 0.2) is 35.7 Å². The predicted octanol–water partition coefficient (Wildman–Crippen LogP) is 3.99. The van der Waals surface area contributed by atoms with Gasteiger partial charge >= 0.3 is 0 Å². The summed E-state index contributed by atoms with van der Waals surface area (Å²) in [7, 11) is 0. The zero-order valence-corrected chi connectivity index (χ0v) is 10.6. The van der Waals surface area contributed by atoms with E-state index in [2.05, 4.69) is 15.2 Å². The molecule has 1 aromatic carbocycles. The monoisotopic (exact) mass is 279 g/mol. The SMILES string of the molecule is Fc1ccc(-c2n[nH]c(-c3cccs3)n2)c(Cl)c1. The van der Waals surface area contributed by atoms with E-state index >= 15 is 0 Å². The highest BCUT2D eigenvalue weighted by Gasteiger charge is 2.11. The van der Waals surface area contributed by atoms with E-state index in [9.17, 15) is 4.39 Å². The number of rotatable bonds is 2. The van der Waals surface area contributed by atoms with E-state index in [1.807, 2.05) is 17.5 Å². The molecular formula is C12H7ClFN3S. The number of nitrogens with one attached hydrogen (secondary N) is 1. The summed E-state index contributed by atoms with van der Waals surface area (Å²) in [6.07, 6.45) is 0. The van der Waals surface area contributed by atoms with Crippen LogP contribution in [0.1, 0.15) is 0 Å². The summed E-state index contributed by atoms with van der Waals surface area (Å²) in [4.78, 5) is 5.34. The highest BCUT2D eigenvalue weighted by molar-refractivity contribution is 7.13. The van der Waals surface area contributed by atoms with Crippen molar-refractivity contribution in [1.29, 1.82) is 0 Å². The quantitative estimate of drug-likeness (QED) is 0.770. The lowest BCUT2D eigenvalue weighted by Gasteiger charge is -1.98. The Labute approximate surface area is 111 Å². The van der Waals surface area contributed by atoms with Crippen molar-refractivity contribution in [1.82, 2.24) is 15.2 Å². The first kappa shape index (κ1) is 11.4. The van der Waals surface area contributed by atoms with E-state index in [-0.39, 0.29) is 5.82 Å². The average molecular weight is 280 g/mol. The maximum atomic E-state index is 13.0. The molecule has 90 valence electrons. The Bertz CT molecular complexity index is 678. The highest BCUT2D eigenvalue weighted by atomic mass is 35.5. The molecule has 0 unspecified atom stereocenters. The molecule has 0 aliphatic carbocycles. The third-order valence-corrected chi connectivity index (χ3v) is 3.60. The summed E-state index contributed by atoms with van der Waals surface area (Å²) >= 11 is 7.53. The molecule has 1 N–H and O–H groups in total. The van der Waals surface area contributed by atoms with Crippen LogP contribution in [-0.2, 0) is 0 Å². The minimum atomic E-state index is -0.377. The molecule has 2 heterocycles. The predicted molar refractivity (Wildman–Crippen MR) is 70.1 cm³/mol. The molecule has 0 saturated heterocycles. The van der Waals surface area contributed by atoms with Crippen molar-refractivity contribution < 1.29 is 4.39 Å². The molecule has 0 atom stereocenters. The standard InChI is InChI=1S/C12H7ClFN3S/c13-9-6-7(14)3-4-8(9)11-15-12(17-16-11)10-2-1-5-18-10/h1-6H,(H,15,16,17). The normalized spacial score (nSPS) is 10.8. The van der Waals surface area contributed by atoms with E-state index in [4.69, 9.17) is 11.6 Å². The summed E-state index contributed by atoms with van der Waals surface area (Å²) in [6.45, 7) is 0. The summed E-state index contributed by atoms with van der Waals surface area (Å²) in [6, 6.07) is 8.04. The summed E-state index contributed by atoms with van der Waals surface area (Å²) in [5, 5.41) is 9.20. The first-order chi connectivity index (χ1) is 8.74. The van der Waals surface area contributed by atoms with Gasteiger partial charge in [-0.25, -0.2) is 9.37 Å². The van der Waals surface area contributed by atoms with Crippen molar-refractivity contribution in [2.75, 3.05) is 0 Å². The van der Waals surface area contributed by atoms with Gasteiger partial charge in [-0.1, -0.05) is 17.7 Å². The van der Waals surface area contributed by atoms with Crippen LogP contribution >= 0.6 is 22.9 Å². The summed E-state index contributed by atoms with van der Waals surface area (Å²) in [5.41, 5.74) is 0.608. The van der Waals surface area contributed by atoms with Crippen molar-refractivity contribution in [3.63, 3.8) is 0 Å². The molecule has 0 aliphatic rings. The molecule has 3 rings (SSSR count). The first-order valence-corrected chi connectivity index (χ1v) is 6.41. The Hall–Kier alpha value is -1.72. The number of H-pyrrole nitrogens is 1. The molecule has 6 heteroatoms. The second-order valence-corrected chi connectivity index (χ2v) is 4.96. The number of halogens is 2. The molecule has 3 aromatic rings. The largest absolute Gasteiger partial charge is 0.258 e. The van der Waals surface area contributed by atoms with E-state index in [1.165, 1.54) is 12.1 Å². The minimum absolute atomic E-state index is 0.298. The first-order valence-electron chi connectivity index (χ1n) is 5.16. The van der Waals surface area contributed by atoms with Crippen LogP contribution in [0.4, 0.5) is 4.39 Å². The van der Waals surface area contributed by atoms with Gasteiger partial charge in [-0.2, -0.15) is 5.10 Å². The average Bonchev–Trinajstić information content (AvgIpc) is 2.99. The van der Waals surface area contributed by atoms with Crippen molar-refractivity contribution in [2.45, 2.75) is 0 Å². The number of aromatic nitrogens is 3. The Balaban J connectivity index is 2.03. The third-order valence-electron chi connectivity index (χ3n) is 2.41. The Morgan fingerprint density at radius 3 is 2.89 bits per heavy atom. The molecule has 0 spiro atoms. The van der Waals surface area contributed by atoms with Crippen LogP contribution in [0, 0.1) is 5.82 Å². The molecule has 0 amide bonds. The number of aromatic amines is 1. The molecule has 0 fully saturated rings. The molecule has 0 radical (unpaired) electrons. The maximum Gasteiger partial charge on any atom is 0.183 e. The lowest BCUT2D eigenvalue weighted by atomic mass is 10.2. The zero-order valence-electron chi connectivity index (χ0n) is 9.02. The van der Waals surface area contributed by atoms with E-state index in [1.54, 1.807) is 17.4 Å². The Kier molecular flexibility index (Phi) is 2.85. The molecule has 0 saturated carbocycles. The maximum absolute atomic E-state index is 13.0. The van der Waals surface area contributed by atoms with Crippen LogP contribution < -0.4 is 0 Å². The molecule has 18 heavy (non-hydrogen) atoms. The number of benzene rings is 1. The zero-order chi connectivity index (χ0) is 12.5. The lowest BCUT2D eigenvalue weighted by Crippen LogP contribution is -1.84. The number of hydrogen-bond acceptors (Lipinski definition) is 3. The van der Waals surface area contributed by atoms with Gasteiger partial charge in [0.25, 0.3) is 0 Å². The van der Waals surface area contributed by atoms with E-state index in [0.29, 0.717) is 22.2 Å². The van der Waals surface area contributed by atoms with E-state index in [0.717, 1.165) is 4.88 Å². The van der Waals surface area contributed by atoms with Crippen molar-refractivity contribution in [3.05, 3.63) is 46.6 Å².